The number of hydrogen-bond donors (Lipinski definition) is 1. The first-order chi connectivity index (χ1) is 6.91. The highest BCUT2D eigenvalue weighted by atomic mass is 35.5. The summed E-state index contributed by atoms with van der Waals surface area (Å²) in [6.07, 6.45) is 13.6. The molecule has 0 unspecified atom stereocenters. The summed E-state index contributed by atoms with van der Waals surface area (Å²) in [6.45, 7) is 0. The Morgan fingerprint density at radius 1 is 0.571 bits per heavy atom. The zero-order chi connectivity index (χ0) is 10.5. The van der Waals surface area contributed by atoms with Crippen molar-refractivity contribution in [3.8, 4) is 0 Å². The van der Waals surface area contributed by atoms with Crippen molar-refractivity contribution in [1.29, 1.82) is 0 Å². The van der Waals surface area contributed by atoms with Gasteiger partial charge < -0.3 is 0 Å². The molecular weight excluding hydrogens is 212 g/mol. The zero-order valence-electron chi connectivity index (χ0n) is 9.31. The summed E-state index contributed by atoms with van der Waals surface area (Å²) in [4.78, 5) is 0. The monoisotopic (exact) mass is 236 g/mol. The summed E-state index contributed by atoms with van der Waals surface area (Å²) in [5.41, 5.74) is 0. The molecule has 0 aliphatic carbocycles. The highest BCUT2D eigenvalue weighted by molar-refractivity contribution is 7.80. The number of unbranched alkanes of at least 4 members (excludes halogenated alkanes) is 9. The zero-order valence-corrected chi connectivity index (χ0v) is 11.0. The van der Waals surface area contributed by atoms with E-state index in [1.54, 1.807) is 0 Å². The van der Waals surface area contributed by atoms with Crippen molar-refractivity contribution in [2.45, 2.75) is 64.2 Å². The molecule has 0 saturated heterocycles. The van der Waals surface area contributed by atoms with Crippen LogP contribution in [0.25, 0.3) is 0 Å². The molecule has 14 heavy (non-hydrogen) atoms. The second kappa shape index (κ2) is 13.6. The first-order valence-electron chi connectivity index (χ1n) is 6.08. The molecule has 0 atom stereocenters. The van der Waals surface area contributed by atoms with E-state index in [1.165, 1.54) is 64.2 Å². The minimum atomic E-state index is 0.837. The Balaban J connectivity index is 2.78. The topological polar surface area (TPSA) is 0 Å². The average Bonchev–Trinajstić information content (AvgIpc) is 2.21. The van der Waals surface area contributed by atoms with Gasteiger partial charge in [0, 0.05) is 5.88 Å². The van der Waals surface area contributed by atoms with Crippen molar-refractivity contribution < 1.29 is 0 Å². The molecule has 0 amide bonds. The average molecular weight is 237 g/mol. The molecular formula is C12H25ClS. The van der Waals surface area contributed by atoms with Crippen LogP contribution in [-0.2, 0) is 0 Å². The van der Waals surface area contributed by atoms with E-state index in [4.69, 9.17) is 11.6 Å². The molecule has 0 aliphatic rings. The third kappa shape index (κ3) is 12.6. The van der Waals surface area contributed by atoms with Crippen molar-refractivity contribution in [2.24, 2.45) is 0 Å². The van der Waals surface area contributed by atoms with Crippen LogP contribution >= 0.6 is 24.2 Å². The van der Waals surface area contributed by atoms with E-state index in [0.29, 0.717) is 0 Å². The Labute approximate surface area is 100 Å². The van der Waals surface area contributed by atoms with Gasteiger partial charge in [0.15, 0.2) is 0 Å². The van der Waals surface area contributed by atoms with Gasteiger partial charge in [0.2, 0.25) is 0 Å². The third-order valence-electron chi connectivity index (χ3n) is 2.54. The summed E-state index contributed by atoms with van der Waals surface area (Å²) in [5.74, 6) is 1.89. The quantitative estimate of drug-likeness (QED) is 0.290. The summed E-state index contributed by atoms with van der Waals surface area (Å²) in [5, 5.41) is 0. The summed E-state index contributed by atoms with van der Waals surface area (Å²) >= 11 is 9.81. The van der Waals surface area contributed by atoms with Crippen molar-refractivity contribution in [1.82, 2.24) is 0 Å². The van der Waals surface area contributed by atoms with Gasteiger partial charge in [-0.15, -0.1) is 11.6 Å². The summed E-state index contributed by atoms with van der Waals surface area (Å²) < 4.78 is 0. The molecule has 2 heteroatoms. The predicted molar refractivity (Wildman–Crippen MR) is 70.7 cm³/mol. The minimum Gasteiger partial charge on any atom is -0.179 e. The Morgan fingerprint density at radius 3 is 1.29 bits per heavy atom. The van der Waals surface area contributed by atoms with Crippen LogP contribution in [0.5, 0.6) is 0 Å². The maximum atomic E-state index is 5.61. The van der Waals surface area contributed by atoms with Crippen molar-refractivity contribution >= 4 is 24.2 Å². The Bertz CT molecular complexity index is 84.3. The summed E-state index contributed by atoms with van der Waals surface area (Å²) in [6, 6.07) is 0. The second-order valence-corrected chi connectivity index (χ2v) is 4.77. The van der Waals surface area contributed by atoms with Crippen molar-refractivity contribution in [2.75, 3.05) is 11.6 Å². The molecule has 0 aliphatic heterocycles. The molecule has 0 fully saturated rings. The molecule has 0 saturated carbocycles. The molecule has 86 valence electrons. The molecule has 0 N–H and O–H groups in total. The number of alkyl halides is 1. The molecule has 0 heterocycles. The molecule has 0 aromatic carbocycles. The highest BCUT2D eigenvalue weighted by Crippen LogP contribution is 2.10. The van der Waals surface area contributed by atoms with Gasteiger partial charge in [-0.1, -0.05) is 51.4 Å². The fourth-order valence-corrected chi connectivity index (χ4v) is 2.03. The lowest BCUT2D eigenvalue weighted by molar-refractivity contribution is 0.563. The molecule has 0 rings (SSSR count). The maximum Gasteiger partial charge on any atom is 0.0223 e. The maximum absolute atomic E-state index is 5.61. The molecule has 0 aromatic heterocycles. The van der Waals surface area contributed by atoms with Crippen molar-refractivity contribution in [3.63, 3.8) is 0 Å². The smallest absolute Gasteiger partial charge is 0.0223 e. The Kier molecular flexibility index (Phi) is 14.3. The van der Waals surface area contributed by atoms with Crippen LogP contribution < -0.4 is 0 Å². The van der Waals surface area contributed by atoms with E-state index in [1.807, 2.05) is 0 Å². The van der Waals surface area contributed by atoms with Crippen molar-refractivity contribution in [3.05, 3.63) is 0 Å². The van der Waals surface area contributed by atoms with Gasteiger partial charge in [-0.3, -0.25) is 0 Å². The largest absolute Gasteiger partial charge is 0.179 e. The van der Waals surface area contributed by atoms with Crippen LogP contribution in [0.4, 0.5) is 0 Å². The third-order valence-corrected chi connectivity index (χ3v) is 3.13. The van der Waals surface area contributed by atoms with Gasteiger partial charge in [-0.2, -0.15) is 12.6 Å². The molecule has 0 spiro atoms. The summed E-state index contributed by atoms with van der Waals surface area (Å²) in [7, 11) is 0. The van der Waals surface area contributed by atoms with Gasteiger partial charge in [-0.05, 0) is 18.6 Å². The lowest BCUT2D eigenvalue weighted by Gasteiger charge is -2.01. The van der Waals surface area contributed by atoms with E-state index in [0.717, 1.165) is 11.6 Å². The Hall–Kier alpha value is 0.640. The lowest BCUT2D eigenvalue weighted by Crippen LogP contribution is -1.83. The van der Waals surface area contributed by atoms with Gasteiger partial charge in [-0.25, -0.2) is 0 Å². The SMILES string of the molecule is SCCCCCCCCCCCCCl. The van der Waals surface area contributed by atoms with Crippen LogP contribution in [0.1, 0.15) is 64.2 Å². The molecule has 0 nitrogen and oxygen atoms in total. The fourth-order valence-electron chi connectivity index (χ4n) is 1.62. The van der Waals surface area contributed by atoms with Crippen LogP contribution in [0.2, 0.25) is 0 Å². The first kappa shape index (κ1) is 14.6. The van der Waals surface area contributed by atoms with Crippen LogP contribution in [0.15, 0.2) is 0 Å². The van der Waals surface area contributed by atoms with Gasteiger partial charge >= 0.3 is 0 Å². The van der Waals surface area contributed by atoms with E-state index in [2.05, 4.69) is 12.6 Å². The standard InChI is InChI=1S/C12H25ClS/c13-11-9-7-5-3-1-2-4-6-8-10-12-14/h14H,1-12H2. The van der Waals surface area contributed by atoms with Crippen LogP contribution in [0.3, 0.4) is 0 Å². The first-order valence-corrected chi connectivity index (χ1v) is 7.25. The highest BCUT2D eigenvalue weighted by Gasteiger charge is 1.92. The number of rotatable bonds is 11. The van der Waals surface area contributed by atoms with Crippen LogP contribution in [-0.4, -0.2) is 11.6 Å². The molecule has 0 bridgehead atoms. The predicted octanol–water partition coefficient (Wildman–Crippen LogP) is 5.06. The number of halogens is 1. The molecule has 0 aromatic rings. The van der Waals surface area contributed by atoms with E-state index < -0.39 is 0 Å². The van der Waals surface area contributed by atoms with Gasteiger partial charge in [0.1, 0.15) is 0 Å². The number of thiol groups is 1. The lowest BCUT2D eigenvalue weighted by atomic mass is 10.1. The van der Waals surface area contributed by atoms with E-state index in [9.17, 15) is 0 Å². The van der Waals surface area contributed by atoms with Gasteiger partial charge in [0.05, 0.1) is 0 Å². The fraction of sp³-hybridized carbons (Fsp3) is 1.00. The minimum absolute atomic E-state index is 0.837. The normalized spacial score (nSPS) is 10.7. The van der Waals surface area contributed by atoms with E-state index in [-0.39, 0.29) is 0 Å². The second-order valence-electron chi connectivity index (χ2n) is 3.95. The van der Waals surface area contributed by atoms with E-state index >= 15 is 0 Å². The van der Waals surface area contributed by atoms with Crippen LogP contribution in [0, 0.1) is 0 Å². The Morgan fingerprint density at radius 2 is 0.929 bits per heavy atom. The number of hydrogen-bond acceptors (Lipinski definition) is 1. The molecule has 0 radical (unpaired) electrons. The van der Waals surface area contributed by atoms with Gasteiger partial charge in [0.25, 0.3) is 0 Å².